The van der Waals surface area contributed by atoms with Crippen molar-refractivity contribution in [2.45, 2.75) is 6.04 Å². The molecule has 2 N–H and O–H groups in total. The summed E-state index contributed by atoms with van der Waals surface area (Å²) in [6.07, 6.45) is 0. The van der Waals surface area contributed by atoms with Crippen LogP contribution < -0.4 is 9.64 Å². The molecule has 1 heterocycles. The summed E-state index contributed by atoms with van der Waals surface area (Å²) in [5.74, 6) is -0.790. The molecule has 0 aromatic heterocycles. The van der Waals surface area contributed by atoms with Gasteiger partial charge in [-0.25, -0.2) is 0 Å². The average Bonchev–Trinajstić information content (AvgIpc) is 2.97. The number of hydrogen-bond donors (Lipinski definition) is 2. The molecule has 0 bridgehead atoms. The van der Waals surface area contributed by atoms with Crippen LogP contribution in [-0.4, -0.2) is 56.0 Å². The number of aliphatic hydroxyl groups excluding tert-OH is 1. The first-order valence-corrected chi connectivity index (χ1v) is 9.21. The minimum absolute atomic E-state index is 0.109. The van der Waals surface area contributed by atoms with Gasteiger partial charge in [-0.15, -0.1) is 0 Å². The first-order valence-electron chi connectivity index (χ1n) is 9.21. The second-order valence-corrected chi connectivity index (χ2v) is 7.09. The molecule has 2 aromatic rings. The van der Waals surface area contributed by atoms with Gasteiger partial charge in [-0.05, 0) is 17.7 Å². The van der Waals surface area contributed by atoms with Crippen molar-refractivity contribution >= 4 is 17.4 Å². The van der Waals surface area contributed by atoms with Gasteiger partial charge in [0.1, 0.15) is 11.5 Å². The van der Waals surface area contributed by atoms with E-state index in [1.54, 1.807) is 48.4 Å². The number of hydrogen-bond acceptors (Lipinski definition) is 4. The van der Waals surface area contributed by atoms with E-state index in [0.29, 0.717) is 24.4 Å². The third-order valence-electron chi connectivity index (χ3n) is 4.85. The van der Waals surface area contributed by atoms with Gasteiger partial charge in [-0.3, -0.25) is 9.59 Å². The summed E-state index contributed by atoms with van der Waals surface area (Å²) in [5, 5.41) is 10.9. The maximum atomic E-state index is 12.9. The molecule has 146 valence electrons. The van der Waals surface area contributed by atoms with Crippen molar-refractivity contribution in [1.82, 2.24) is 4.90 Å². The number of benzene rings is 2. The number of rotatable bonds is 6. The van der Waals surface area contributed by atoms with Crippen molar-refractivity contribution in [2.24, 2.45) is 0 Å². The van der Waals surface area contributed by atoms with Crippen LogP contribution in [0.1, 0.15) is 17.2 Å². The van der Waals surface area contributed by atoms with E-state index in [4.69, 9.17) is 4.74 Å². The first-order chi connectivity index (χ1) is 13.4. The molecule has 2 aromatic carbocycles. The Morgan fingerprint density at radius 2 is 1.82 bits per heavy atom. The monoisotopic (exact) mass is 381 g/mol. The molecule has 6 heteroatoms. The molecular weight excluding hydrogens is 356 g/mol. The Morgan fingerprint density at radius 3 is 2.46 bits per heavy atom. The second kappa shape index (κ2) is 8.27. The molecule has 1 aliphatic heterocycles. The van der Waals surface area contributed by atoms with Crippen molar-refractivity contribution in [2.75, 3.05) is 34.3 Å². The van der Waals surface area contributed by atoms with E-state index in [9.17, 15) is 14.7 Å². The van der Waals surface area contributed by atoms with E-state index in [1.165, 1.54) is 0 Å². The van der Waals surface area contributed by atoms with Gasteiger partial charge in [0, 0.05) is 5.56 Å². The third kappa shape index (κ3) is 3.77. The fourth-order valence-corrected chi connectivity index (χ4v) is 3.36. The zero-order valence-electron chi connectivity index (χ0n) is 16.3. The number of amides is 1. The Morgan fingerprint density at radius 1 is 1.11 bits per heavy atom. The van der Waals surface area contributed by atoms with Gasteiger partial charge < -0.3 is 19.6 Å². The van der Waals surface area contributed by atoms with Gasteiger partial charge in [0.25, 0.3) is 11.7 Å². The van der Waals surface area contributed by atoms with E-state index in [1.807, 2.05) is 32.3 Å². The van der Waals surface area contributed by atoms with Gasteiger partial charge in [0.15, 0.2) is 0 Å². The lowest BCUT2D eigenvalue weighted by molar-refractivity contribution is -0.857. The average molecular weight is 381 g/mol. The zero-order valence-corrected chi connectivity index (χ0v) is 16.3. The minimum Gasteiger partial charge on any atom is -0.507 e. The van der Waals surface area contributed by atoms with Crippen LogP contribution in [0.15, 0.2) is 60.2 Å². The van der Waals surface area contributed by atoms with Crippen molar-refractivity contribution < 1.29 is 24.3 Å². The predicted octanol–water partition coefficient (Wildman–Crippen LogP) is 1.26. The number of nitrogens with one attached hydrogen (secondary N) is 1. The number of carbonyl (C=O) groups is 2. The summed E-state index contributed by atoms with van der Waals surface area (Å²) < 4.78 is 5.31. The number of methoxy groups -OCH3 is 1. The Kier molecular flexibility index (Phi) is 5.80. The number of ketones is 1. The Bertz CT molecular complexity index is 906. The van der Waals surface area contributed by atoms with E-state index < -0.39 is 17.7 Å². The fraction of sp³-hybridized carbons (Fsp3) is 0.273. The van der Waals surface area contributed by atoms with Crippen molar-refractivity contribution in [3.63, 3.8) is 0 Å². The van der Waals surface area contributed by atoms with Gasteiger partial charge >= 0.3 is 0 Å². The van der Waals surface area contributed by atoms with Crippen LogP contribution in [0.2, 0.25) is 0 Å². The molecule has 0 radical (unpaired) electrons. The van der Waals surface area contributed by atoms with Crippen molar-refractivity contribution in [1.29, 1.82) is 0 Å². The molecule has 1 fully saturated rings. The number of carbonyl (C=O) groups excluding carboxylic acids is 2. The molecule has 1 aliphatic rings. The summed E-state index contributed by atoms with van der Waals surface area (Å²) >= 11 is 0. The number of ether oxygens (including phenoxy) is 1. The summed E-state index contributed by atoms with van der Waals surface area (Å²) in [4.78, 5) is 28.4. The van der Waals surface area contributed by atoms with Crippen LogP contribution in [0.5, 0.6) is 5.75 Å². The highest BCUT2D eigenvalue weighted by Crippen LogP contribution is 2.39. The number of likely N-dealkylation sites (tertiary alicyclic amines) is 1. The quantitative estimate of drug-likeness (QED) is 0.449. The third-order valence-corrected chi connectivity index (χ3v) is 4.85. The second-order valence-electron chi connectivity index (χ2n) is 7.09. The van der Waals surface area contributed by atoms with Crippen LogP contribution >= 0.6 is 0 Å². The van der Waals surface area contributed by atoms with Crippen LogP contribution in [0.25, 0.3) is 5.76 Å². The lowest BCUT2D eigenvalue weighted by Crippen LogP contribution is -3.06. The number of Topliss-reactive ketones (excluding diaryl/α,β-unsaturated/α-hetero) is 1. The highest BCUT2D eigenvalue weighted by molar-refractivity contribution is 6.46. The molecule has 1 saturated heterocycles. The first kappa shape index (κ1) is 19.6. The maximum absolute atomic E-state index is 12.9. The lowest BCUT2D eigenvalue weighted by Gasteiger charge is -2.25. The number of nitrogens with zero attached hydrogens (tertiary/aromatic N) is 1. The minimum atomic E-state index is -0.664. The SMILES string of the molecule is COc1cccc([C@@H]2C(=C(O)c3ccccc3)C(=O)C(=O)N2CC[NH+](C)C)c1. The molecule has 6 nitrogen and oxygen atoms in total. The van der Waals surface area contributed by atoms with E-state index in [0.717, 1.165) is 10.5 Å². The van der Waals surface area contributed by atoms with E-state index >= 15 is 0 Å². The lowest BCUT2D eigenvalue weighted by atomic mass is 9.95. The summed E-state index contributed by atoms with van der Waals surface area (Å²) in [5.41, 5.74) is 1.34. The zero-order chi connectivity index (χ0) is 20.3. The smallest absolute Gasteiger partial charge is 0.295 e. The Balaban J connectivity index is 2.15. The highest BCUT2D eigenvalue weighted by atomic mass is 16.5. The fourth-order valence-electron chi connectivity index (χ4n) is 3.36. The van der Waals surface area contributed by atoms with Crippen LogP contribution in [0.3, 0.4) is 0 Å². The number of likely N-dealkylation sites (N-methyl/N-ethyl adjacent to an activating group) is 1. The van der Waals surface area contributed by atoms with Gasteiger partial charge in [-0.2, -0.15) is 0 Å². The molecule has 3 rings (SSSR count). The van der Waals surface area contributed by atoms with Gasteiger partial charge in [-0.1, -0.05) is 42.5 Å². The Labute approximate surface area is 164 Å². The topological polar surface area (TPSA) is 71.3 Å². The Hall–Kier alpha value is -3.12. The standard InChI is InChI=1S/C22H24N2O4/c1-23(2)12-13-24-19(16-10-7-11-17(14-16)28-3)18(21(26)22(24)27)20(25)15-8-5-4-6-9-15/h4-11,14,19,25H,12-13H2,1-3H3/p+1/t19-/m1/s1. The molecule has 0 spiro atoms. The number of aliphatic hydroxyl groups is 1. The molecule has 0 aliphatic carbocycles. The summed E-state index contributed by atoms with van der Waals surface area (Å²) in [6, 6.07) is 15.4. The van der Waals surface area contributed by atoms with Crippen molar-refractivity contribution in [3.05, 3.63) is 71.3 Å². The van der Waals surface area contributed by atoms with Gasteiger partial charge in [0.05, 0.1) is 45.9 Å². The predicted molar refractivity (Wildman–Crippen MR) is 106 cm³/mol. The maximum Gasteiger partial charge on any atom is 0.295 e. The highest BCUT2D eigenvalue weighted by Gasteiger charge is 2.46. The molecule has 1 amide bonds. The van der Waals surface area contributed by atoms with Crippen LogP contribution in [0, 0.1) is 0 Å². The molecule has 0 unspecified atom stereocenters. The molecule has 1 atom stereocenters. The molecule has 28 heavy (non-hydrogen) atoms. The van der Waals surface area contributed by atoms with E-state index in [2.05, 4.69) is 0 Å². The summed E-state index contributed by atoms with van der Waals surface area (Å²) in [7, 11) is 5.54. The number of quaternary nitrogens is 1. The normalized spacial score (nSPS) is 18.7. The van der Waals surface area contributed by atoms with Crippen LogP contribution in [0.4, 0.5) is 0 Å². The molecule has 0 saturated carbocycles. The molecular formula is C22H25N2O4+. The van der Waals surface area contributed by atoms with Crippen molar-refractivity contribution in [3.8, 4) is 5.75 Å². The van der Waals surface area contributed by atoms with E-state index in [-0.39, 0.29) is 11.3 Å². The van der Waals surface area contributed by atoms with Crippen LogP contribution in [-0.2, 0) is 9.59 Å². The summed E-state index contributed by atoms with van der Waals surface area (Å²) in [6.45, 7) is 1.08. The van der Waals surface area contributed by atoms with Gasteiger partial charge in [0.2, 0.25) is 0 Å². The largest absolute Gasteiger partial charge is 0.507 e.